The van der Waals surface area contributed by atoms with Crippen LogP contribution in [0.3, 0.4) is 0 Å². The summed E-state index contributed by atoms with van der Waals surface area (Å²) in [5.41, 5.74) is 0.228. The fraction of sp³-hybridized carbons (Fsp3) is 0.571. The maximum absolute atomic E-state index is 13.1. The van der Waals surface area contributed by atoms with Crippen LogP contribution in [0.2, 0.25) is 0 Å². The number of rotatable bonds is 8. The van der Waals surface area contributed by atoms with Gasteiger partial charge in [-0.1, -0.05) is 19.0 Å². The molecular weight excluding hydrogens is 420 g/mol. The van der Waals surface area contributed by atoms with Crippen LogP contribution in [0.5, 0.6) is 5.75 Å². The number of nitrogens with one attached hydrogen (secondary N) is 1. The topological polar surface area (TPSA) is 115 Å². The van der Waals surface area contributed by atoms with E-state index in [1.54, 1.807) is 6.07 Å². The minimum Gasteiger partial charge on any atom is -0.495 e. The van der Waals surface area contributed by atoms with Crippen LogP contribution >= 0.6 is 0 Å². The second-order valence-corrected chi connectivity index (χ2v) is 10.3. The van der Waals surface area contributed by atoms with Gasteiger partial charge in [0.25, 0.3) is 5.91 Å². The molecule has 0 radical (unpaired) electrons. The molecule has 1 N–H and O–H groups in total. The SMILES string of the molecule is COc1ccc(C(=O)NC(c2nc(C3CC3)no2)C(C)C)cc1S(=O)(=O)N1CCCC1. The van der Waals surface area contributed by atoms with E-state index >= 15 is 0 Å². The van der Waals surface area contributed by atoms with Crippen molar-refractivity contribution in [1.29, 1.82) is 0 Å². The Hall–Kier alpha value is -2.46. The Morgan fingerprint density at radius 1 is 1.26 bits per heavy atom. The highest BCUT2D eigenvalue weighted by Crippen LogP contribution is 2.39. The maximum Gasteiger partial charge on any atom is 0.251 e. The molecule has 2 aromatic rings. The Balaban J connectivity index is 1.59. The Morgan fingerprint density at radius 3 is 2.58 bits per heavy atom. The van der Waals surface area contributed by atoms with Crippen LogP contribution in [0.1, 0.15) is 73.6 Å². The smallest absolute Gasteiger partial charge is 0.251 e. The van der Waals surface area contributed by atoms with Crippen LogP contribution in [-0.2, 0) is 10.0 Å². The van der Waals surface area contributed by atoms with Gasteiger partial charge in [-0.15, -0.1) is 0 Å². The molecule has 1 aliphatic carbocycles. The van der Waals surface area contributed by atoms with Crippen molar-refractivity contribution in [2.45, 2.75) is 56.4 Å². The number of sulfonamides is 1. The molecule has 1 aromatic heterocycles. The van der Waals surface area contributed by atoms with E-state index in [1.807, 2.05) is 13.8 Å². The van der Waals surface area contributed by atoms with Crippen molar-refractivity contribution in [3.63, 3.8) is 0 Å². The summed E-state index contributed by atoms with van der Waals surface area (Å²) in [5, 5.41) is 6.96. The molecule has 31 heavy (non-hydrogen) atoms. The van der Waals surface area contributed by atoms with Gasteiger partial charge in [0.1, 0.15) is 16.7 Å². The molecule has 10 heteroatoms. The molecule has 1 unspecified atom stereocenters. The molecule has 9 nitrogen and oxygen atoms in total. The zero-order valence-electron chi connectivity index (χ0n) is 18.0. The Labute approximate surface area is 182 Å². The first-order valence-electron chi connectivity index (χ1n) is 10.6. The van der Waals surface area contributed by atoms with Gasteiger partial charge in [-0.25, -0.2) is 8.42 Å². The van der Waals surface area contributed by atoms with E-state index in [2.05, 4.69) is 15.5 Å². The fourth-order valence-electron chi connectivity index (χ4n) is 3.71. The monoisotopic (exact) mass is 448 g/mol. The van der Waals surface area contributed by atoms with Gasteiger partial charge >= 0.3 is 0 Å². The largest absolute Gasteiger partial charge is 0.495 e. The van der Waals surface area contributed by atoms with Crippen LogP contribution in [0.25, 0.3) is 0 Å². The van der Waals surface area contributed by atoms with E-state index in [9.17, 15) is 13.2 Å². The average Bonchev–Trinajstić information content (AvgIpc) is 3.24. The molecule has 2 fully saturated rings. The lowest BCUT2D eigenvalue weighted by molar-refractivity contribution is 0.0913. The van der Waals surface area contributed by atoms with E-state index in [0.717, 1.165) is 25.7 Å². The van der Waals surface area contributed by atoms with Crippen molar-refractivity contribution >= 4 is 15.9 Å². The van der Waals surface area contributed by atoms with E-state index in [0.29, 0.717) is 30.7 Å². The summed E-state index contributed by atoms with van der Waals surface area (Å²) in [6, 6.07) is 3.97. The summed E-state index contributed by atoms with van der Waals surface area (Å²) >= 11 is 0. The van der Waals surface area contributed by atoms with Gasteiger partial charge in [0, 0.05) is 24.6 Å². The van der Waals surface area contributed by atoms with Crippen molar-refractivity contribution < 1.29 is 22.5 Å². The molecule has 168 valence electrons. The Bertz CT molecular complexity index is 1060. The van der Waals surface area contributed by atoms with Crippen LogP contribution in [0.15, 0.2) is 27.6 Å². The summed E-state index contributed by atoms with van der Waals surface area (Å²) in [7, 11) is -2.33. The predicted molar refractivity (Wildman–Crippen MR) is 112 cm³/mol. The first-order chi connectivity index (χ1) is 14.8. The minimum absolute atomic E-state index is 0.000503. The second kappa shape index (κ2) is 8.58. The highest BCUT2D eigenvalue weighted by molar-refractivity contribution is 7.89. The molecule has 0 spiro atoms. The number of carbonyl (C=O) groups is 1. The van der Waals surface area contributed by atoms with Crippen LogP contribution in [-0.4, -0.2) is 49.0 Å². The van der Waals surface area contributed by atoms with E-state index in [-0.39, 0.29) is 22.1 Å². The molecule has 1 atom stereocenters. The van der Waals surface area contributed by atoms with Crippen molar-refractivity contribution in [2.75, 3.05) is 20.2 Å². The van der Waals surface area contributed by atoms with Crippen LogP contribution in [0, 0.1) is 5.92 Å². The second-order valence-electron chi connectivity index (χ2n) is 8.44. The molecule has 1 aromatic carbocycles. The molecule has 2 heterocycles. The number of carbonyl (C=O) groups excluding carboxylic acids is 1. The third-order valence-electron chi connectivity index (χ3n) is 5.73. The third-order valence-corrected chi connectivity index (χ3v) is 7.65. The lowest BCUT2D eigenvalue weighted by Crippen LogP contribution is -2.32. The van der Waals surface area contributed by atoms with Gasteiger partial charge in [-0.3, -0.25) is 4.79 Å². The fourth-order valence-corrected chi connectivity index (χ4v) is 5.40. The number of aromatic nitrogens is 2. The van der Waals surface area contributed by atoms with Gasteiger partial charge in [-0.05, 0) is 49.8 Å². The summed E-state index contributed by atoms with van der Waals surface area (Å²) in [6.45, 7) is 4.84. The summed E-state index contributed by atoms with van der Waals surface area (Å²) < 4.78 is 38.3. The molecule has 0 bridgehead atoms. The zero-order valence-corrected chi connectivity index (χ0v) is 18.8. The molecule has 1 saturated heterocycles. The first kappa shape index (κ1) is 21.8. The lowest BCUT2D eigenvalue weighted by Gasteiger charge is -2.20. The van der Waals surface area contributed by atoms with Gasteiger partial charge in [0.2, 0.25) is 15.9 Å². The molecular formula is C21H28N4O5S. The third kappa shape index (κ3) is 4.45. The van der Waals surface area contributed by atoms with E-state index in [1.165, 1.54) is 23.5 Å². The normalized spacial score (nSPS) is 18.3. The standard InChI is InChI=1S/C21H28N4O5S/c1-13(2)18(21-23-19(24-30-21)14-6-7-14)22-20(26)15-8-9-16(29-3)17(12-15)31(27,28)25-10-4-5-11-25/h8-9,12-14,18H,4-7,10-11H2,1-3H3,(H,22,26). The highest BCUT2D eigenvalue weighted by Gasteiger charge is 2.33. The number of ether oxygens (including phenoxy) is 1. The van der Waals surface area contributed by atoms with Crippen molar-refractivity contribution in [2.24, 2.45) is 5.92 Å². The Morgan fingerprint density at radius 2 is 1.97 bits per heavy atom. The molecule has 1 amide bonds. The average molecular weight is 449 g/mol. The highest BCUT2D eigenvalue weighted by atomic mass is 32.2. The van der Waals surface area contributed by atoms with Crippen LogP contribution < -0.4 is 10.1 Å². The molecule has 1 saturated carbocycles. The molecule has 4 rings (SSSR count). The summed E-state index contributed by atoms with van der Waals surface area (Å²) in [5.74, 6) is 1.20. The van der Waals surface area contributed by atoms with Gasteiger partial charge in [0.05, 0.1) is 7.11 Å². The maximum atomic E-state index is 13.1. The number of methoxy groups -OCH3 is 1. The zero-order chi connectivity index (χ0) is 22.2. The molecule has 2 aliphatic rings. The number of benzene rings is 1. The van der Waals surface area contributed by atoms with Gasteiger partial charge < -0.3 is 14.6 Å². The minimum atomic E-state index is -3.75. The quantitative estimate of drug-likeness (QED) is 0.660. The van der Waals surface area contributed by atoms with Gasteiger partial charge in [0.15, 0.2) is 5.82 Å². The summed E-state index contributed by atoms with van der Waals surface area (Å²) in [6.07, 6.45) is 3.76. The van der Waals surface area contributed by atoms with E-state index in [4.69, 9.17) is 9.26 Å². The summed E-state index contributed by atoms with van der Waals surface area (Å²) in [4.78, 5) is 17.5. The Kier molecular flexibility index (Phi) is 6.02. The van der Waals surface area contributed by atoms with Crippen molar-refractivity contribution in [3.8, 4) is 5.75 Å². The first-order valence-corrected chi connectivity index (χ1v) is 12.1. The predicted octanol–water partition coefficient (Wildman–Crippen LogP) is 2.87. The van der Waals surface area contributed by atoms with Crippen molar-refractivity contribution in [3.05, 3.63) is 35.5 Å². The van der Waals surface area contributed by atoms with Gasteiger partial charge in [-0.2, -0.15) is 9.29 Å². The van der Waals surface area contributed by atoms with Crippen molar-refractivity contribution in [1.82, 2.24) is 19.8 Å². The van der Waals surface area contributed by atoms with E-state index < -0.39 is 22.0 Å². The number of nitrogens with zero attached hydrogens (tertiary/aromatic N) is 3. The molecule has 1 aliphatic heterocycles. The van der Waals surface area contributed by atoms with Crippen LogP contribution in [0.4, 0.5) is 0 Å². The number of hydrogen-bond donors (Lipinski definition) is 1. The number of hydrogen-bond acceptors (Lipinski definition) is 7. The lowest BCUT2D eigenvalue weighted by atomic mass is 10.0. The number of amides is 1.